The minimum absolute atomic E-state index is 0.377. The van der Waals surface area contributed by atoms with Crippen LogP contribution in [0.15, 0.2) is 67.1 Å². The first-order valence-electron chi connectivity index (χ1n) is 13.9. The number of thiazole rings is 1. The molecule has 4 aromatic heterocycles. The number of aliphatic hydroxyl groups is 1. The first-order valence-corrected chi connectivity index (χ1v) is 14.8. The van der Waals surface area contributed by atoms with Gasteiger partial charge in [0.1, 0.15) is 33.7 Å². The molecule has 4 heterocycles. The van der Waals surface area contributed by atoms with Crippen LogP contribution in [0.5, 0.6) is 5.75 Å². The number of aromatic nitrogens is 6. The van der Waals surface area contributed by atoms with E-state index in [1.54, 1.807) is 24.2 Å². The molecule has 1 saturated carbocycles. The Morgan fingerprint density at radius 3 is 2.63 bits per heavy atom. The lowest BCUT2D eigenvalue weighted by molar-refractivity contribution is -0.145. The average Bonchev–Trinajstić information content (AvgIpc) is 3.69. The molecule has 1 fully saturated rings. The number of methoxy groups -OCH3 is 1. The smallest absolute Gasteiger partial charge is 0.306 e. The van der Waals surface area contributed by atoms with E-state index in [1.165, 1.54) is 11.3 Å². The van der Waals surface area contributed by atoms with Crippen LogP contribution in [-0.2, 0) is 16.9 Å². The van der Waals surface area contributed by atoms with Crippen LogP contribution >= 0.6 is 11.3 Å². The summed E-state index contributed by atoms with van der Waals surface area (Å²) < 4.78 is 7.02. The number of carboxylic acid groups (broad SMARTS) is 1. The molecule has 0 amide bonds. The molecule has 1 aromatic carbocycles. The van der Waals surface area contributed by atoms with Crippen molar-refractivity contribution in [1.82, 2.24) is 29.9 Å². The second-order valence-electron chi connectivity index (χ2n) is 10.8. The molecule has 0 atom stereocenters. The topological polar surface area (TPSA) is 148 Å². The van der Waals surface area contributed by atoms with E-state index < -0.39 is 17.5 Å². The van der Waals surface area contributed by atoms with Crippen molar-refractivity contribution < 1.29 is 19.7 Å². The van der Waals surface area contributed by atoms with Crippen LogP contribution in [0, 0.1) is 12.8 Å². The maximum Gasteiger partial charge on any atom is 0.306 e. The number of nitrogens with one attached hydrogen (secondary N) is 1. The Bertz CT molecular complexity index is 1740. The van der Waals surface area contributed by atoms with Crippen molar-refractivity contribution in [2.45, 2.75) is 44.8 Å². The number of nitrogens with zero attached hydrogens (tertiary/aromatic N) is 6. The number of pyridine rings is 2. The molecule has 11 nitrogen and oxygen atoms in total. The monoisotopic (exact) mass is 597 g/mol. The van der Waals surface area contributed by atoms with Crippen LogP contribution in [0.2, 0.25) is 0 Å². The predicted octanol–water partition coefficient (Wildman–Crippen LogP) is 5.43. The van der Waals surface area contributed by atoms with Gasteiger partial charge < -0.3 is 20.3 Å². The summed E-state index contributed by atoms with van der Waals surface area (Å²) >= 11 is 1.39. The van der Waals surface area contributed by atoms with E-state index >= 15 is 0 Å². The number of aryl methyl sites for hydroxylation is 1. The number of benzene rings is 1. The second-order valence-corrected chi connectivity index (χ2v) is 11.8. The van der Waals surface area contributed by atoms with Gasteiger partial charge in [-0.25, -0.2) is 19.6 Å². The van der Waals surface area contributed by atoms with Gasteiger partial charge in [-0.15, -0.1) is 16.4 Å². The molecular formula is C31H31N7O4S. The van der Waals surface area contributed by atoms with E-state index in [4.69, 9.17) is 9.72 Å². The van der Waals surface area contributed by atoms with Gasteiger partial charge in [0, 0.05) is 18.0 Å². The molecule has 1 aliphatic carbocycles. The minimum atomic E-state index is -1.11. The van der Waals surface area contributed by atoms with E-state index in [0.29, 0.717) is 48.9 Å². The van der Waals surface area contributed by atoms with Gasteiger partial charge in [0.15, 0.2) is 0 Å². The van der Waals surface area contributed by atoms with E-state index in [0.717, 1.165) is 38.7 Å². The molecule has 0 saturated heterocycles. The highest BCUT2D eigenvalue weighted by molar-refractivity contribution is 7.15. The maximum absolute atomic E-state index is 11.3. The van der Waals surface area contributed by atoms with Crippen LogP contribution in [0.25, 0.3) is 21.8 Å². The van der Waals surface area contributed by atoms with Gasteiger partial charge in [-0.05, 0) is 80.1 Å². The zero-order valence-corrected chi connectivity index (χ0v) is 24.6. The summed E-state index contributed by atoms with van der Waals surface area (Å²) in [5, 5.41) is 33.1. The average molecular weight is 598 g/mol. The molecular weight excluding hydrogens is 566 g/mol. The zero-order chi connectivity index (χ0) is 30.0. The molecule has 0 aliphatic heterocycles. The minimum Gasteiger partial charge on any atom is -0.497 e. The SMILES string of the molecule is COc1ccc(Cn2cc(-c3ccnc(Nc4cc(C)cc(-c5cnc([C@]6(O)CC[C@@H](C(=O)O)CC6)s5)n4)c3)nn2)cc1. The van der Waals surface area contributed by atoms with Crippen molar-refractivity contribution >= 4 is 28.9 Å². The number of aliphatic carboxylic acids is 1. The summed E-state index contributed by atoms with van der Waals surface area (Å²) in [5.74, 6) is 0.827. The van der Waals surface area contributed by atoms with Crippen LogP contribution in [0.4, 0.5) is 11.6 Å². The number of hydrogen-bond acceptors (Lipinski definition) is 10. The van der Waals surface area contributed by atoms with Gasteiger partial charge in [-0.1, -0.05) is 17.3 Å². The molecule has 0 bridgehead atoms. The van der Waals surface area contributed by atoms with Crippen LogP contribution < -0.4 is 10.1 Å². The molecule has 5 aromatic rings. The third kappa shape index (κ3) is 6.40. The van der Waals surface area contributed by atoms with Crippen LogP contribution in [-0.4, -0.2) is 53.2 Å². The Hall–Kier alpha value is -4.68. The van der Waals surface area contributed by atoms with Crippen molar-refractivity contribution in [3.05, 3.63) is 83.3 Å². The third-order valence-corrected chi connectivity index (χ3v) is 8.86. The predicted molar refractivity (Wildman–Crippen MR) is 162 cm³/mol. The highest BCUT2D eigenvalue weighted by Gasteiger charge is 2.39. The molecule has 43 heavy (non-hydrogen) atoms. The Morgan fingerprint density at radius 1 is 1.09 bits per heavy atom. The zero-order valence-electron chi connectivity index (χ0n) is 23.8. The first kappa shape index (κ1) is 28.4. The molecule has 3 N–H and O–H groups in total. The Kier molecular flexibility index (Phi) is 7.87. The molecule has 6 rings (SSSR count). The van der Waals surface area contributed by atoms with E-state index in [-0.39, 0.29) is 0 Å². The van der Waals surface area contributed by atoms with E-state index in [1.807, 2.05) is 61.7 Å². The lowest BCUT2D eigenvalue weighted by Gasteiger charge is -2.32. The highest BCUT2D eigenvalue weighted by atomic mass is 32.1. The number of hydrogen-bond donors (Lipinski definition) is 3. The standard InChI is InChI=1S/C31H31N7O4S/c1-19-13-24(26-16-33-30(43-26)31(41)10-7-21(8-11-31)29(39)40)34-28(14-19)35-27-15-22(9-12-32-27)25-18-38(37-36-25)17-20-3-5-23(42-2)6-4-20/h3-6,9,12-16,18,21,41H,7-8,10-11,17H2,1-2H3,(H,39,40)(H,32,34,35)/t21-,31+. The van der Waals surface area contributed by atoms with Gasteiger partial charge in [-0.2, -0.15) is 0 Å². The fourth-order valence-corrected chi connectivity index (χ4v) is 6.26. The number of ether oxygens (including phenoxy) is 1. The summed E-state index contributed by atoms with van der Waals surface area (Å²) in [5.41, 5.74) is 3.30. The van der Waals surface area contributed by atoms with Gasteiger partial charge in [0.05, 0.1) is 36.3 Å². The van der Waals surface area contributed by atoms with Crippen molar-refractivity contribution in [1.29, 1.82) is 0 Å². The first-order chi connectivity index (χ1) is 20.8. The fraction of sp³-hybridized carbons (Fsp3) is 0.290. The second kappa shape index (κ2) is 11.9. The van der Waals surface area contributed by atoms with Gasteiger partial charge in [-0.3, -0.25) is 4.79 Å². The molecule has 220 valence electrons. The summed E-state index contributed by atoms with van der Waals surface area (Å²) in [4.78, 5) is 25.9. The molecule has 0 unspecified atom stereocenters. The van der Waals surface area contributed by atoms with Gasteiger partial charge in [0.25, 0.3) is 0 Å². The fourth-order valence-electron chi connectivity index (χ4n) is 5.24. The summed E-state index contributed by atoms with van der Waals surface area (Å²) in [7, 11) is 1.65. The molecule has 12 heteroatoms. The largest absolute Gasteiger partial charge is 0.497 e. The van der Waals surface area contributed by atoms with Crippen molar-refractivity contribution in [3.8, 4) is 27.6 Å². The summed E-state index contributed by atoms with van der Waals surface area (Å²) in [6.07, 6.45) is 6.96. The summed E-state index contributed by atoms with van der Waals surface area (Å²) in [6, 6.07) is 15.5. The highest BCUT2D eigenvalue weighted by Crippen LogP contribution is 2.42. The Labute approximate surface area is 252 Å². The Morgan fingerprint density at radius 2 is 1.88 bits per heavy atom. The van der Waals surface area contributed by atoms with Crippen LogP contribution in [0.3, 0.4) is 0 Å². The van der Waals surface area contributed by atoms with E-state index in [9.17, 15) is 15.0 Å². The molecule has 0 radical (unpaired) electrons. The number of carbonyl (C=O) groups is 1. The van der Waals surface area contributed by atoms with Gasteiger partial charge >= 0.3 is 5.97 Å². The number of rotatable bonds is 9. The van der Waals surface area contributed by atoms with Gasteiger partial charge in [0.2, 0.25) is 0 Å². The quantitative estimate of drug-likeness (QED) is 0.201. The normalized spacial score (nSPS) is 18.3. The summed E-state index contributed by atoms with van der Waals surface area (Å²) in [6.45, 7) is 2.58. The molecule has 0 spiro atoms. The number of anilines is 2. The Balaban J connectivity index is 1.16. The molecule has 1 aliphatic rings. The van der Waals surface area contributed by atoms with Crippen molar-refractivity contribution in [2.24, 2.45) is 5.92 Å². The van der Waals surface area contributed by atoms with Crippen molar-refractivity contribution in [3.63, 3.8) is 0 Å². The number of carboxylic acids is 1. The van der Waals surface area contributed by atoms with Crippen LogP contribution in [0.1, 0.15) is 41.8 Å². The van der Waals surface area contributed by atoms with E-state index in [2.05, 4.69) is 25.6 Å². The van der Waals surface area contributed by atoms with Crippen molar-refractivity contribution in [2.75, 3.05) is 12.4 Å². The third-order valence-electron chi connectivity index (χ3n) is 7.64. The maximum atomic E-state index is 11.3. The lowest BCUT2D eigenvalue weighted by atomic mass is 9.79. The lowest BCUT2D eigenvalue weighted by Crippen LogP contribution is -2.33.